The Bertz CT molecular complexity index is 1240. The Hall–Kier alpha value is -3.87. The molecule has 0 aliphatic carbocycles. The average Bonchev–Trinajstić information content (AvgIpc) is 3.07. The molecule has 0 atom stereocenters. The van der Waals surface area contributed by atoms with E-state index in [2.05, 4.69) is 31.9 Å². The molecule has 136 valence electrons. The smallest absolute Gasteiger partial charge is 0.246 e. The van der Waals surface area contributed by atoms with Crippen LogP contribution >= 0.6 is 0 Å². The number of aryl methyl sites for hydroxylation is 1. The third-order valence-corrected chi connectivity index (χ3v) is 4.84. The second-order valence-electron chi connectivity index (χ2n) is 6.61. The molecule has 0 radical (unpaired) electrons. The number of carbonyl (C=O) groups excluding carboxylic acids is 1. The van der Waals surface area contributed by atoms with Gasteiger partial charge in [-0.15, -0.1) is 5.10 Å². The van der Waals surface area contributed by atoms with Gasteiger partial charge in [-0.3, -0.25) is 9.79 Å². The lowest BCUT2D eigenvalue weighted by molar-refractivity contribution is -0.114. The average molecular weight is 368 g/mol. The zero-order chi connectivity index (χ0) is 19.1. The SMILES string of the molecule is Cc1nnnn1-c1ccc(C2=NCC(=O)Nc3c2ccc2ccccc32)cc1. The van der Waals surface area contributed by atoms with Crippen LogP contribution in [0.2, 0.25) is 0 Å². The topological polar surface area (TPSA) is 85.1 Å². The first-order valence-corrected chi connectivity index (χ1v) is 8.93. The Kier molecular flexibility index (Phi) is 3.72. The minimum atomic E-state index is -0.117. The lowest BCUT2D eigenvalue weighted by Gasteiger charge is -2.13. The highest BCUT2D eigenvalue weighted by molar-refractivity contribution is 6.22. The summed E-state index contributed by atoms with van der Waals surface area (Å²) in [6.45, 7) is 1.94. The van der Waals surface area contributed by atoms with Crippen molar-refractivity contribution in [2.75, 3.05) is 11.9 Å². The van der Waals surface area contributed by atoms with Gasteiger partial charge in [-0.25, -0.2) is 0 Å². The molecule has 0 bridgehead atoms. The Morgan fingerprint density at radius 1 is 1.00 bits per heavy atom. The molecule has 2 heterocycles. The Balaban J connectivity index is 1.64. The fourth-order valence-electron chi connectivity index (χ4n) is 3.50. The van der Waals surface area contributed by atoms with E-state index in [0.29, 0.717) is 5.82 Å². The van der Waals surface area contributed by atoms with Gasteiger partial charge < -0.3 is 5.32 Å². The number of benzene rings is 3. The lowest BCUT2D eigenvalue weighted by Crippen LogP contribution is -2.13. The minimum absolute atomic E-state index is 0.0895. The molecule has 1 aromatic heterocycles. The number of fused-ring (bicyclic) bond motifs is 3. The fraction of sp³-hybridized carbons (Fsp3) is 0.0952. The lowest BCUT2D eigenvalue weighted by atomic mass is 9.96. The second-order valence-corrected chi connectivity index (χ2v) is 6.61. The summed E-state index contributed by atoms with van der Waals surface area (Å²) >= 11 is 0. The highest BCUT2D eigenvalue weighted by atomic mass is 16.1. The number of rotatable bonds is 2. The van der Waals surface area contributed by atoms with Crippen molar-refractivity contribution in [3.8, 4) is 5.69 Å². The van der Waals surface area contributed by atoms with E-state index >= 15 is 0 Å². The third kappa shape index (κ3) is 2.64. The zero-order valence-corrected chi connectivity index (χ0v) is 15.1. The summed E-state index contributed by atoms with van der Waals surface area (Å²) in [5.41, 5.74) is 4.31. The fourth-order valence-corrected chi connectivity index (χ4v) is 3.50. The third-order valence-electron chi connectivity index (χ3n) is 4.84. The van der Waals surface area contributed by atoms with Crippen LogP contribution in [0.3, 0.4) is 0 Å². The van der Waals surface area contributed by atoms with Crippen molar-refractivity contribution in [2.24, 2.45) is 4.99 Å². The van der Waals surface area contributed by atoms with Crippen LogP contribution < -0.4 is 5.32 Å². The molecule has 0 fully saturated rings. The van der Waals surface area contributed by atoms with Crippen molar-refractivity contribution < 1.29 is 4.79 Å². The first-order chi connectivity index (χ1) is 13.7. The first-order valence-electron chi connectivity index (χ1n) is 8.93. The van der Waals surface area contributed by atoms with E-state index < -0.39 is 0 Å². The number of hydrogen-bond acceptors (Lipinski definition) is 5. The summed E-state index contributed by atoms with van der Waals surface area (Å²) in [7, 11) is 0. The molecule has 0 saturated heterocycles. The zero-order valence-electron chi connectivity index (χ0n) is 15.1. The van der Waals surface area contributed by atoms with Crippen LogP contribution in [0, 0.1) is 6.92 Å². The number of tetrazole rings is 1. The van der Waals surface area contributed by atoms with E-state index in [1.165, 1.54) is 0 Å². The number of nitrogens with one attached hydrogen (secondary N) is 1. The predicted octanol–water partition coefficient (Wildman–Crippen LogP) is 2.91. The van der Waals surface area contributed by atoms with Gasteiger partial charge in [0, 0.05) is 16.5 Å². The molecule has 3 aromatic carbocycles. The molecule has 28 heavy (non-hydrogen) atoms. The molecule has 1 amide bonds. The van der Waals surface area contributed by atoms with Crippen LogP contribution in [0.4, 0.5) is 5.69 Å². The van der Waals surface area contributed by atoms with Crippen molar-refractivity contribution in [3.63, 3.8) is 0 Å². The van der Waals surface area contributed by atoms with Crippen LogP contribution in [-0.2, 0) is 4.79 Å². The highest BCUT2D eigenvalue weighted by Crippen LogP contribution is 2.31. The van der Waals surface area contributed by atoms with Gasteiger partial charge in [0.25, 0.3) is 0 Å². The van der Waals surface area contributed by atoms with E-state index in [1.807, 2.05) is 61.5 Å². The summed E-state index contributed by atoms with van der Waals surface area (Å²) in [5, 5.41) is 16.7. The number of hydrogen-bond donors (Lipinski definition) is 1. The van der Waals surface area contributed by atoms with Gasteiger partial charge in [-0.2, -0.15) is 4.68 Å². The van der Waals surface area contributed by atoms with Gasteiger partial charge in [-0.1, -0.05) is 48.5 Å². The molecular weight excluding hydrogens is 352 g/mol. The molecule has 0 saturated carbocycles. The number of nitrogens with zero attached hydrogens (tertiary/aromatic N) is 5. The molecule has 5 rings (SSSR count). The Morgan fingerprint density at radius 2 is 1.82 bits per heavy atom. The Labute approximate surface area is 160 Å². The molecule has 0 unspecified atom stereocenters. The highest BCUT2D eigenvalue weighted by Gasteiger charge is 2.20. The van der Waals surface area contributed by atoms with E-state index in [1.54, 1.807) is 4.68 Å². The van der Waals surface area contributed by atoms with Crippen LogP contribution in [0.1, 0.15) is 17.0 Å². The van der Waals surface area contributed by atoms with Crippen molar-refractivity contribution in [1.29, 1.82) is 0 Å². The number of carbonyl (C=O) groups is 1. The summed E-state index contributed by atoms with van der Waals surface area (Å²) < 4.78 is 1.67. The molecule has 0 spiro atoms. The summed E-state index contributed by atoms with van der Waals surface area (Å²) in [4.78, 5) is 16.9. The van der Waals surface area contributed by atoms with E-state index in [-0.39, 0.29) is 12.5 Å². The summed E-state index contributed by atoms with van der Waals surface area (Å²) in [6, 6.07) is 19.9. The first kappa shape index (κ1) is 16.3. The molecule has 7 nitrogen and oxygen atoms in total. The summed E-state index contributed by atoms with van der Waals surface area (Å²) in [6.07, 6.45) is 0. The minimum Gasteiger partial charge on any atom is -0.323 e. The van der Waals surface area contributed by atoms with Crippen LogP contribution in [0.5, 0.6) is 0 Å². The van der Waals surface area contributed by atoms with Gasteiger partial charge >= 0.3 is 0 Å². The van der Waals surface area contributed by atoms with E-state index in [0.717, 1.165) is 39.0 Å². The van der Waals surface area contributed by atoms with Crippen molar-refractivity contribution in [3.05, 3.63) is 77.6 Å². The van der Waals surface area contributed by atoms with Gasteiger partial charge in [0.1, 0.15) is 6.54 Å². The molecule has 4 aromatic rings. The van der Waals surface area contributed by atoms with E-state index in [4.69, 9.17) is 0 Å². The van der Waals surface area contributed by atoms with Crippen molar-refractivity contribution in [2.45, 2.75) is 6.92 Å². The largest absolute Gasteiger partial charge is 0.323 e. The van der Waals surface area contributed by atoms with Gasteiger partial charge in [-0.05, 0) is 34.9 Å². The molecule has 1 aliphatic heterocycles. The normalized spacial score (nSPS) is 13.6. The maximum atomic E-state index is 12.3. The van der Waals surface area contributed by atoms with Gasteiger partial charge in [0.15, 0.2) is 5.82 Å². The van der Waals surface area contributed by atoms with E-state index in [9.17, 15) is 4.79 Å². The molecular formula is C21H16N6O. The number of aromatic nitrogens is 4. The maximum Gasteiger partial charge on any atom is 0.246 e. The summed E-state index contributed by atoms with van der Waals surface area (Å²) in [5.74, 6) is 0.597. The quantitative estimate of drug-likeness (QED) is 0.589. The molecule has 1 N–H and O–H groups in total. The Morgan fingerprint density at radius 3 is 2.61 bits per heavy atom. The maximum absolute atomic E-state index is 12.3. The molecule has 1 aliphatic rings. The second kappa shape index (κ2) is 6.38. The number of aliphatic imine (C=N–C) groups is 1. The van der Waals surface area contributed by atoms with Crippen LogP contribution in [0.25, 0.3) is 16.5 Å². The van der Waals surface area contributed by atoms with Gasteiger partial charge in [0.2, 0.25) is 5.91 Å². The number of anilines is 1. The van der Waals surface area contributed by atoms with Crippen LogP contribution in [0.15, 0.2) is 65.7 Å². The number of amides is 1. The predicted molar refractivity (Wildman–Crippen MR) is 107 cm³/mol. The van der Waals surface area contributed by atoms with Crippen molar-refractivity contribution in [1.82, 2.24) is 20.2 Å². The standard InChI is InChI=1S/C21H16N6O/c1-13-24-25-26-27(13)16-9-6-15(7-10-16)20-18-11-8-14-4-2-3-5-17(14)21(18)23-19(28)12-22-20/h2-11H,12H2,1H3,(H,23,28). The van der Waals surface area contributed by atoms with Crippen LogP contribution in [-0.4, -0.2) is 38.4 Å². The van der Waals surface area contributed by atoms with Crippen molar-refractivity contribution >= 4 is 28.1 Å². The molecule has 7 heteroatoms. The monoisotopic (exact) mass is 368 g/mol. The van der Waals surface area contributed by atoms with Gasteiger partial charge in [0.05, 0.1) is 17.1 Å².